The van der Waals surface area contributed by atoms with Gasteiger partial charge in [-0.05, 0) is 31.6 Å². The molecule has 20 heavy (non-hydrogen) atoms. The number of piperazine rings is 1. The van der Waals surface area contributed by atoms with E-state index >= 15 is 0 Å². The van der Waals surface area contributed by atoms with Crippen molar-refractivity contribution in [3.8, 4) is 0 Å². The van der Waals surface area contributed by atoms with Gasteiger partial charge in [0.1, 0.15) is 11.6 Å². The molecule has 4 heteroatoms. The predicted molar refractivity (Wildman–Crippen MR) is 77.1 cm³/mol. The minimum absolute atomic E-state index is 0.0772. The summed E-state index contributed by atoms with van der Waals surface area (Å²) in [5, 5.41) is 3.10. The first-order chi connectivity index (χ1) is 9.55. The van der Waals surface area contributed by atoms with E-state index in [1.807, 2.05) is 18.7 Å². The van der Waals surface area contributed by atoms with Gasteiger partial charge in [0.2, 0.25) is 11.8 Å². The topological polar surface area (TPSA) is 49.4 Å². The summed E-state index contributed by atoms with van der Waals surface area (Å²) in [6.07, 6.45) is 8.27. The standard InChI is InChI=1S/C16H26N2O2/c1-11(2)13-14(19)17-16(9-5-6-10-16)15(20)18(13)12-7-3-4-8-12/h11-13H,3-10H2,1-2H3,(H,17,19). The fourth-order valence-corrected chi connectivity index (χ4v) is 4.38. The Balaban J connectivity index is 1.94. The quantitative estimate of drug-likeness (QED) is 0.842. The van der Waals surface area contributed by atoms with Crippen molar-refractivity contribution in [1.29, 1.82) is 0 Å². The number of nitrogens with one attached hydrogen (secondary N) is 1. The van der Waals surface area contributed by atoms with Crippen LogP contribution in [0, 0.1) is 5.92 Å². The van der Waals surface area contributed by atoms with Gasteiger partial charge in [-0.15, -0.1) is 0 Å². The van der Waals surface area contributed by atoms with Crippen LogP contribution in [0.1, 0.15) is 65.2 Å². The van der Waals surface area contributed by atoms with Gasteiger partial charge in [0.15, 0.2) is 0 Å². The van der Waals surface area contributed by atoms with Gasteiger partial charge >= 0.3 is 0 Å². The number of hydrogen-bond acceptors (Lipinski definition) is 2. The van der Waals surface area contributed by atoms with Gasteiger partial charge in [0.25, 0.3) is 0 Å². The smallest absolute Gasteiger partial charge is 0.249 e. The zero-order valence-corrected chi connectivity index (χ0v) is 12.7. The van der Waals surface area contributed by atoms with Gasteiger partial charge in [-0.2, -0.15) is 0 Å². The van der Waals surface area contributed by atoms with Crippen LogP contribution in [0.5, 0.6) is 0 Å². The van der Waals surface area contributed by atoms with Crippen molar-refractivity contribution in [1.82, 2.24) is 10.2 Å². The summed E-state index contributed by atoms with van der Waals surface area (Å²) in [5.74, 6) is 0.465. The molecular weight excluding hydrogens is 252 g/mol. The Kier molecular flexibility index (Phi) is 3.51. The van der Waals surface area contributed by atoms with E-state index in [9.17, 15) is 9.59 Å². The molecule has 0 bridgehead atoms. The first-order valence-electron chi connectivity index (χ1n) is 8.20. The zero-order chi connectivity index (χ0) is 14.3. The third-order valence-corrected chi connectivity index (χ3v) is 5.38. The van der Waals surface area contributed by atoms with Crippen LogP contribution in [0.4, 0.5) is 0 Å². The van der Waals surface area contributed by atoms with Crippen LogP contribution in [-0.2, 0) is 9.59 Å². The number of amides is 2. The zero-order valence-electron chi connectivity index (χ0n) is 12.7. The molecule has 3 aliphatic rings. The summed E-state index contributed by atoms with van der Waals surface area (Å²) in [6.45, 7) is 4.10. The second-order valence-corrected chi connectivity index (χ2v) is 7.12. The average molecular weight is 278 g/mol. The number of nitrogens with zero attached hydrogens (tertiary/aromatic N) is 1. The predicted octanol–water partition coefficient (Wildman–Crippen LogP) is 2.22. The Labute approximate surface area is 121 Å². The lowest BCUT2D eigenvalue weighted by molar-refractivity contribution is -0.159. The van der Waals surface area contributed by atoms with Crippen LogP contribution >= 0.6 is 0 Å². The molecular formula is C16H26N2O2. The minimum atomic E-state index is -0.564. The van der Waals surface area contributed by atoms with Crippen molar-refractivity contribution >= 4 is 11.8 Å². The Morgan fingerprint density at radius 2 is 1.70 bits per heavy atom. The molecule has 1 saturated heterocycles. The summed E-state index contributed by atoms with van der Waals surface area (Å²) in [7, 11) is 0. The fourth-order valence-electron chi connectivity index (χ4n) is 4.38. The minimum Gasteiger partial charge on any atom is -0.340 e. The molecule has 4 nitrogen and oxygen atoms in total. The SMILES string of the molecule is CC(C)C1C(=O)NC2(CCCC2)C(=O)N1C1CCCC1. The molecule has 1 spiro atoms. The maximum atomic E-state index is 13.1. The Morgan fingerprint density at radius 1 is 1.10 bits per heavy atom. The number of hydrogen-bond donors (Lipinski definition) is 1. The van der Waals surface area contributed by atoms with Crippen molar-refractivity contribution in [3.63, 3.8) is 0 Å². The third kappa shape index (κ3) is 2.04. The Bertz CT molecular complexity index is 407. The van der Waals surface area contributed by atoms with Crippen molar-refractivity contribution in [2.24, 2.45) is 5.92 Å². The van der Waals surface area contributed by atoms with E-state index in [0.717, 1.165) is 38.5 Å². The fraction of sp³-hybridized carbons (Fsp3) is 0.875. The highest BCUT2D eigenvalue weighted by molar-refractivity contribution is 6.00. The van der Waals surface area contributed by atoms with Crippen molar-refractivity contribution in [2.45, 2.75) is 82.8 Å². The van der Waals surface area contributed by atoms with Gasteiger partial charge in [-0.1, -0.05) is 39.5 Å². The Morgan fingerprint density at radius 3 is 2.25 bits per heavy atom. The second kappa shape index (κ2) is 5.05. The summed E-state index contributed by atoms with van der Waals surface area (Å²) in [4.78, 5) is 27.7. The van der Waals surface area contributed by atoms with E-state index in [-0.39, 0.29) is 23.8 Å². The van der Waals surface area contributed by atoms with E-state index in [1.165, 1.54) is 12.8 Å². The van der Waals surface area contributed by atoms with Crippen molar-refractivity contribution in [3.05, 3.63) is 0 Å². The van der Waals surface area contributed by atoms with Crippen molar-refractivity contribution in [2.75, 3.05) is 0 Å². The normalized spacial score (nSPS) is 30.6. The van der Waals surface area contributed by atoms with E-state index in [1.54, 1.807) is 0 Å². The first-order valence-corrected chi connectivity index (χ1v) is 8.20. The molecule has 1 heterocycles. The molecule has 1 aliphatic heterocycles. The number of carbonyl (C=O) groups is 2. The molecule has 112 valence electrons. The highest BCUT2D eigenvalue weighted by Crippen LogP contribution is 2.39. The van der Waals surface area contributed by atoms with Crippen LogP contribution in [0.3, 0.4) is 0 Å². The number of carbonyl (C=O) groups excluding carboxylic acids is 2. The van der Waals surface area contributed by atoms with Crippen LogP contribution in [-0.4, -0.2) is 34.3 Å². The van der Waals surface area contributed by atoms with E-state index in [4.69, 9.17) is 0 Å². The van der Waals surface area contributed by atoms with Crippen LogP contribution in [0.15, 0.2) is 0 Å². The summed E-state index contributed by atoms with van der Waals surface area (Å²) in [5.41, 5.74) is -0.564. The highest BCUT2D eigenvalue weighted by Gasteiger charge is 2.54. The van der Waals surface area contributed by atoms with Crippen LogP contribution in [0.25, 0.3) is 0 Å². The van der Waals surface area contributed by atoms with Gasteiger partial charge in [-0.3, -0.25) is 9.59 Å². The highest BCUT2D eigenvalue weighted by atomic mass is 16.2. The van der Waals surface area contributed by atoms with Gasteiger partial charge in [-0.25, -0.2) is 0 Å². The second-order valence-electron chi connectivity index (χ2n) is 7.12. The molecule has 0 radical (unpaired) electrons. The van der Waals surface area contributed by atoms with E-state index in [2.05, 4.69) is 5.32 Å². The molecule has 2 aliphatic carbocycles. The van der Waals surface area contributed by atoms with Crippen LogP contribution in [0.2, 0.25) is 0 Å². The third-order valence-electron chi connectivity index (χ3n) is 5.38. The van der Waals surface area contributed by atoms with E-state index < -0.39 is 5.54 Å². The summed E-state index contributed by atoms with van der Waals surface area (Å²) < 4.78 is 0. The molecule has 1 atom stereocenters. The summed E-state index contributed by atoms with van der Waals surface area (Å²) >= 11 is 0. The Hall–Kier alpha value is -1.06. The maximum absolute atomic E-state index is 13.1. The van der Waals surface area contributed by atoms with Gasteiger partial charge in [0.05, 0.1) is 0 Å². The van der Waals surface area contributed by atoms with Crippen molar-refractivity contribution < 1.29 is 9.59 Å². The lowest BCUT2D eigenvalue weighted by atomic mass is 9.86. The monoisotopic (exact) mass is 278 g/mol. The molecule has 2 saturated carbocycles. The molecule has 0 aromatic carbocycles. The molecule has 3 rings (SSSR count). The van der Waals surface area contributed by atoms with E-state index in [0.29, 0.717) is 6.04 Å². The molecule has 2 amide bonds. The largest absolute Gasteiger partial charge is 0.340 e. The molecule has 1 unspecified atom stereocenters. The molecule has 3 fully saturated rings. The summed E-state index contributed by atoms with van der Waals surface area (Å²) in [6, 6.07) is 0.0234. The van der Waals surface area contributed by atoms with Crippen LogP contribution < -0.4 is 5.32 Å². The molecule has 0 aromatic rings. The lowest BCUT2D eigenvalue weighted by Crippen LogP contribution is -2.72. The lowest BCUT2D eigenvalue weighted by Gasteiger charge is -2.48. The molecule has 1 N–H and O–H groups in total. The van der Waals surface area contributed by atoms with Gasteiger partial charge in [0, 0.05) is 6.04 Å². The first kappa shape index (κ1) is 13.9. The molecule has 0 aromatic heterocycles. The number of rotatable bonds is 2. The van der Waals surface area contributed by atoms with Gasteiger partial charge < -0.3 is 10.2 Å². The average Bonchev–Trinajstić information content (AvgIpc) is 3.04. The maximum Gasteiger partial charge on any atom is 0.249 e.